The Morgan fingerprint density at radius 1 is 1.14 bits per heavy atom. The molecule has 0 radical (unpaired) electrons. The number of halogens is 1. The summed E-state index contributed by atoms with van der Waals surface area (Å²) in [5.74, 6) is 1.16. The van der Waals surface area contributed by atoms with Gasteiger partial charge in [0.2, 0.25) is 11.7 Å². The zero-order chi connectivity index (χ0) is 20.4. The van der Waals surface area contributed by atoms with Crippen molar-refractivity contribution in [3.05, 3.63) is 68.5 Å². The third kappa shape index (κ3) is 4.46. The molecule has 1 fully saturated rings. The fourth-order valence-electron chi connectivity index (χ4n) is 3.39. The van der Waals surface area contributed by atoms with Gasteiger partial charge in [-0.1, -0.05) is 50.9 Å². The van der Waals surface area contributed by atoms with Crippen LogP contribution in [-0.4, -0.2) is 46.1 Å². The summed E-state index contributed by atoms with van der Waals surface area (Å²) in [4.78, 5) is 19.8. The van der Waals surface area contributed by atoms with Crippen molar-refractivity contribution in [3.8, 4) is 11.4 Å². The molecule has 4 rings (SSSR count). The molecule has 2 aromatic carbocycles. The van der Waals surface area contributed by atoms with Gasteiger partial charge in [-0.15, -0.1) is 0 Å². The SMILES string of the molecule is Cc1ccc(-c2noc(CN3CCN(c4ccc(Br)cc4[N+](=O)[O-])CC3)n2)cc1. The zero-order valence-corrected chi connectivity index (χ0v) is 17.5. The number of anilines is 1. The van der Waals surface area contributed by atoms with Gasteiger partial charge in [-0.25, -0.2) is 0 Å². The van der Waals surface area contributed by atoms with Gasteiger partial charge in [0, 0.05) is 42.3 Å². The highest BCUT2D eigenvalue weighted by Crippen LogP contribution is 2.32. The molecule has 150 valence electrons. The number of nitro benzene ring substituents is 1. The third-order valence-electron chi connectivity index (χ3n) is 4.98. The number of aromatic nitrogens is 2. The smallest absolute Gasteiger partial charge is 0.293 e. The van der Waals surface area contributed by atoms with Gasteiger partial charge in [-0.05, 0) is 19.1 Å². The van der Waals surface area contributed by atoms with E-state index in [1.165, 1.54) is 5.56 Å². The van der Waals surface area contributed by atoms with Crippen molar-refractivity contribution in [1.82, 2.24) is 15.0 Å². The van der Waals surface area contributed by atoms with Crippen LogP contribution in [0, 0.1) is 17.0 Å². The molecule has 0 saturated carbocycles. The third-order valence-corrected chi connectivity index (χ3v) is 5.48. The van der Waals surface area contributed by atoms with Gasteiger partial charge in [0.25, 0.3) is 5.69 Å². The minimum Gasteiger partial charge on any atom is -0.363 e. The minimum atomic E-state index is -0.336. The first kappa shape index (κ1) is 19.5. The highest BCUT2D eigenvalue weighted by Gasteiger charge is 2.25. The number of benzene rings is 2. The number of piperazine rings is 1. The van der Waals surface area contributed by atoms with E-state index in [0.29, 0.717) is 41.5 Å². The molecule has 2 heterocycles. The van der Waals surface area contributed by atoms with E-state index >= 15 is 0 Å². The second-order valence-corrected chi connectivity index (χ2v) is 7.95. The Bertz CT molecular complexity index is 1010. The summed E-state index contributed by atoms with van der Waals surface area (Å²) in [6.07, 6.45) is 0. The molecule has 0 atom stereocenters. The minimum absolute atomic E-state index is 0.118. The second-order valence-electron chi connectivity index (χ2n) is 7.03. The zero-order valence-electron chi connectivity index (χ0n) is 15.9. The summed E-state index contributed by atoms with van der Waals surface area (Å²) in [5.41, 5.74) is 2.88. The fourth-order valence-corrected chi connectivity index (χ4v) is 3.74. The summed E-state index contributed by atoms with van der Waals surface area (Å²) in [7, 11) is 0. The Morgan fingerprint density at radius 2 is 1.86 bits per heavy atom. The standard InChI is InChI=1S/C20H20BrN5O3/c1-14-2-4-15(5-3-14)20-22-19(29-23-20)13-24-8-10-25(11-9-24)17-7-6-16(21)12-18(17)26(27)28/h2-7,12H,8-11,13H2,1H3. The molecule has 1 saturated heterocycles. The van der Waals surface area contributed by atoms with Gasteiger partial charge in [0.15, 0.2) is 0 Å². The Kier molecular flexibility index (Phi) is 5.59. The number of nitrogens with zero attached hydrogens (tertiary/aromatic N) is 5. The van der Waals surface area contributed by atoms with E-state index < -0.39 is 0 Å². The van der Waals surface area contributed by atoms with Crippen molar-refractivity contribution in [2.45, 2.75) is 13.5 Å². The van der Waals surface area contributed by atoms with Crippen LogP contribution >= 0.6 is 15.9 Å². The normalized spacial score (nSPS) is 14.9. The number of rotatable bonds is 5. The second kappa shape index (κ2) is 8.30. The lowest BCUT2D eigenvalue weighted by Gasteiger charge is -2.35. The van der Waals surface area contributed by atoms with Crippen molar-refractivity contribution in [3.63, 3.8) is 0 Å². The number of nitro groups is 1. The fraction of sp³-hybridized carbons (Fsp3) is 0.300. The lowest BCUT2D eigenvalue weighted by molar-refractivity contribution is -0.384. The van der Waals surface area contributed by atoms with Crippen LogP contribution in [-0.2, 0) is 6.54 Å². The van der Waals surface area contributed by atoms with Crippen molar-refractivity contribution in [2.24, 2.45) is 0 Å². The highest BCUT2D eigenvalue weighted by molar-refractivity contribution is 9.10. The number of hydrogen-bond donors (Lipinski definition) is 0. The molecule has 0 aliphatic carbocycles. The van der Waals surface area contributed by atoms with Crippen LogP contribution in [0.5, 0.6) is 0 Å². The molecule has 1 aliphatic rings. The lowest BCUT2D eigenvalue weighted by atomic mass is 10.1. The summed E-state index contributed by atoms with van der Waals surface area (Å²) in [6.45, 7) is 5.51. The van der Waals surface area contributed by atoms with Gasteiger partial charge in [0.05, 0.1) is 11.5 Å². The first-order valence-corrected chi connectivity index (χ1v) is 10.1. The van der Waals surface area contributed by atoms with Gasteiger partial charge in [0.1, 0.15) is 5.69 Å². The van der Waals surface area contributed by atoms with Gasteiger partial charge in [-0.3, -0.25) is 15.0 Å². The predicted molar refractivity (Wildman–Crippen MR) is 113 cm³/mol. The Labute approximate surface area is 176 Å². The molecule has 29 heavy (non-hydrogen) atoms. The monoisotopic (exact) mass is 457 g/mol. The van der Waals surface area contributed by atoms with Gasteiger partial charge < -0.3 is 9.42 Å². The van der Waals surface area contributed by atoms with Crippen molar-refractivity contribution in [2.75, 3.05) is 31.1 Å². The predicted octanol–water partition coefficient (Wildman–Crippen LogP) is 4.04. The number of aryl methyl sites for hydroxylation is 1. The van der Waals surface area contributed by atoms with E-state index in [1.807, 2.05) is 42.2 Å². The van der Waals surface area contributed by atoms with Crippen LogP contribution in [0.4, 0.5) is 11.4 Å². The average Bonchev–Trinajstić information content (AvgIpc) is 3.17. The highest BCUT2D eigenvalue weighted by atomic mass is 79.9. The van der Waals surface area contributed by atoms with E-state index in [0.717, 1.165) is 18.7 Å². The average molecular weight is 458 g/mol. The van der Waals surface area contributed by atoms with E-state index in [-0.39, 0.29) is 10.6 Å². The van der Waals surface area contributed by atoms with E-state index in [1.54, 1.807) is 12.1 Å². The first-order chi connectivity index (χ1) is 14.0. The summed E-state index contributed by atoms with van der Waals surface area (Å²) >= 11 is 3.30. The van der Waals surface area contributed by atoms with Crippen molar-refractivity contribution < 1.29 is 9.45 Å². The van der Waals surface area contributed by atoms with Crippen LogP contribution in [0.1, 0.15) is 11.5 Å². The Hall–Kier alpha value is -2.78. The maximum Gasteiger partial charge on any atom is 0.293 e. The topological polar surface area (TPSA) is 88.5 Å². The molecule has 0 amide bonds. The van der Waals surface area contributed by atoms with Crippen LogP contribution in [0.2, 0.25) is 0 Å². The molecular formula is C20H20BrN5O3. The van der Waals surface area contributed by atoms with E-state index in [9.17, 15) is 10.1 Å². The molecule has 1 aliphatic heterocycles. The molecule has 3 aromatic rings. The maximum atomic E-state index is 11.4. The maximum absolute atomic E-state index is 11.4. The van der Waals surface area contributed by atoms with Gasteiger partial charge in [-0.2, -0.15) is 4.98 Å². The summed E-state index contributed by atoms with van der Waals surface area (Å²) in [5, 5.41) is 15.5. The first-order valence-electron chi connectivity index (χ1n) is 9.30. The quantitative estimate of drug-likeness (QED) is 0.421. The summed E-state index contributed by atoms with van der Waals surface area (Å²) < 4.78 is 6.12. The molecular weight excluding hydrogens is 438 g/mol. The molecule has 9 heteroatoms. The molecule has 0 unspecified atom stereocenters. The lowest BCUT2D eigenvalue weighted by Crippen LogP contribution is -2.46. The van der Waals surface area contributed by atoms with Gasteiger partial charge >= 0.3 is 0 Å². The molecule has 0 N–H and O–H groups in total. The van der Waals surface area contributed by atoms with Crippen LogP contribution in [0.25, 0.3) is 11.4 Å². The molecule has 0 bridgehead atoms. The van der Waals surface area contributed by atoms with Crippen molar-refractivity contribution >= 4 is 27.3 Å². The van der Waals surface area contributed by atoms with Crippen LogP contribution in [0.3, 0.4) is 0 Å². The van der Waals surface area contributed by atoms with E-state index in [2.05, 4.69) is 31.0 Å². The van der Waals surface area contributed by atoms with Crippen LogP contribution in [0.15, 0.2) is 51.5 Å². The van der Waals surface area contributed by atoms with E-state index in [4.69, 9.17) is 4.52 Å². The molecule has 8 nitrogen and oxygen atoms in total. The number of hydrogen-bond acceptors (Lipinski definition) is 7. The summed E-state index contributed by atoms with van der Waals surface area (Å²) in [6, 6.07) is 13.2. The Morgan fingerprint density at radius 3 is 2.55 bits per heavy atom. The Balaban J connectivity index is 1.39. The molecule has 0 spiro atoms. The van der Waals surface area contributed by atoms with Crippen LogP contribution < -0.4 is 4.90 Å². The largest absolute Gasteiger partial charge is 0.363 e. The molecule has 1 aromatic heterocycles. The van der Waals surface area contributed by atoms with Crippen molar-refractivity contribution in [1.29, 1.82) is 0 Å².